The number of hydrogen-bond acceptors (Lipinski definition) is 2. The van der Waals surface area contributed by atoms with Gasteiger partial charge in [0.15, 0.2) is 0 Å². The Morgan fingerprint density at radius 2 is 2.05 bits per heavy atom. The van der Waals surface area contributed by atoms with E-state index in [1.165, 1.54) is 5.56 Å². The molecule has 0 radical (unpaired) electrons. The molecule has 4 heteroatoms. The number of carbonyl (C=O) groups is 2. The van der Waals surface area contributed by atoms with E-state index in [1.54, 1.807) is 0 Å². The van der Waals surface area contributed by atoms with Gasteiger partial charge in [-0.2, -0.15) is 0 Å². The number of carbonyl (C=O) groups excluding carboxylic acids is 1. The van der Waals surface area contributed by atoms with E-state index in [0.29, 0.717) is 19.4 Å². The lowest BCUT2D eigenvalue weighted by Gasteiger charge is -2.40. The molecule has 1 amide bonds. The minimum atomic E-state index is -0.738. The first-order valence-corrected chi connectivity index (χ1v) is 7.19. The molecule has 2 aliphatic rings. The number of fused-ring (bicyclic) bond motifs is 1. The summed E-state index contributed by atoms with van der Waals surface area (Å²) in [6.07, 6.45) is 1.95. The van der Waals surface area contributed by atoms with Gasteiger partial charge >= 0.3 is 5.97 Å². The molecule has 1 N–H and O–H groups in total. The van der Waals surface area contributed by atoms with Gasteiger partial charge < -0.3 is 10.0 Å². The normalized spacial score (nSPS) is 28.4. The average molecular weight is 273 g/mol. The molecule has 1 fully saturated rings. The molecular formula is C16H19NO3. The summed E-state index contributed by atoms with van der Waals surface area (Å²) >= 11 is 0. The molecule has 3 atom stereocenters. The summed E-state index contributed by atoms with van der Waals surface area (Å²) in [5, 5.41) is 9.07. The third-order valence-corrected chi connectivity index (χ3v) is 4.66. The third-order valence-electron chi connectivity index (χ3n) is 4.66. The first kappa shape index (κ1) is 13.2. The smallest absolute Gasteiger partial charge is 0.306 e. The number of rotatable bonds is 2. The zero-order valence-corrected chi connectivity index (χ0v) is 11.6. The number of likely N-dealkylation sites (tertiary alicyclic amines) is 1. The van der Waals surface area contributed by atoms with E-state index >= 15 is 0 Å². The fourth-order valence-electron chi connectivity index (χ4n) is 3.40. The van der Waals surface area contributed by atoms with Crippen LogP contribution in [0.5, 0.6) is 0 Å². The molecule has 1 saturated heterocycles. The van der Waals surface area contributed by atoms with Crippen LogP contribution >= 0.6 is 0 Å². The second-order valence-corrected chi connectivity index (χ2v) is 5.90. The SMILES string of the molecule is C[C@@H]1C[C@H](C(=O)O)CCN1C(=O)C1Cc2ccccc21. The molecule has 1 aliphatic carbocycles. The number of carboxylic acids is 1. The lowest BCUT2D eigenvalue weighted by Crippen LogP contribution is -2.49. The third kappa shape index (κ3) is 2.09. The van der Waals surface area contributed by atoms with E-state index in [-0.39, 0.29) is 23.8 Å². The zero-order valence-electron chi connectivity index (χ0n) is 11.6. The summed E-state index contributed by atoms with van der Waals surface area (Å²) in [5.74, 6) is -0.893. The fraction of sp³-hybridized carbons (Fsp3) is 0.500. The van der Waals surface area contributed by atoms with E-state index in [0.717, 1.165) is 12.0 Å². The Morgan fingerprint density at radius 3 is 2.70 bits per heavy atom. The Bertz CT molecular complexity index is 554. The Kier molecular flexibility index (Phi) is 3.24. The van der Waals surface area contributed by atoms with Gasteiger partial charge in [0, 0.05) is 12.6 Å². The minimum Gasteiger partial charge on any atom is -0.481 e. The summed E-state index contributed by atoms with van der Waals surface area (Å²) in [4.78, 5) is 25.5. The zero-order chi connectivity index (χ0) is 14.3. The number of nitrogens with zero attached hydrogens (tertiary/aromatic N) is 1. The van der Waals surface area contributed by atoms with E-state index in [2.05, 4.69) is 6.07 Å². The first-order chi connectivity index (χ1) is 9.58. The molecule has 0 aromatic heterocycles. The maximum absolute atomic E-state index is 12.6. The maximum atomic E-state index is 12.6. The van der Waals surface area contributed by atoms with Gasteiger partial charge in [0.1, 0.15) is 0 Å². The number of hydrogen-bond donors (Lipinski definition) is 1. The van der Waals surface area contributed by atoms with Crippen LogP contribution in [0.1, 0.15) is 36.8 Å². The number of aliphatic carboxylic acids is 1. The van der Waals surface area contributed by atoms with Crippen LogP contribution in [-0.2, 0) is 16.0 Å². The Hall–Kier alpha value is -1.84. The topological polar surface area (TPSA) is 57.6 Å². The average Bonchev–Trinajstić information content (AvgIpc) is 2.39. The standard InChI is InChI=1S/C16H19NO3/c1-10-8-12(16(19)20)6-7-17(10)15(18)14-9-11-4-2-3-5-13(11)14/h2-5,10,12,14H,6-9H2,1H3,(H,19,20)/t10-,12-,14?/m1/s1. The van der Waals surface area contributed by atoms with Crippen molar-refractivity contribution < 1.29 is 14.7 Å². The highest BCUT2D eigenvalue weighted by atomic mass is 16.4. The van der Waals surface area contributed by atoms with Gasteiger partial charge in [0.25, 0.3) is 0 Å². The van der Waals surface area contributed by atoms with Crippen molar-refractivity contribution in [2.45, 2.75) is 38.1 Å². The monoisotopic (exact) mass is 273 g/mol. The molecule has 0 bridgehead atoms. The molecule has 4 nitrogen and oxygen atoms in total. The Labute approximate surface area is 118 Å². The van der Waals surface area contributed by atoms with Crippen molar-refractivity contribution in [2.24, 2.45) is 5.92 Å². The minimum absolute atomic E-state index is 0.0185. The van der Waals surface area contributed by atoms with Crippen molar-refractivity contribution in [1.82, 2.24) is 4.90 Å². The van der Waals surface area contributed by atoms with Crippen LogP contribution in [-0.4, -0.2) is 34.5 Å². The highest BCUT2D eigenvalue weighted by Crippen LogP contribution is 2.37. The molecule has 0 spiro atoms. The van der Waals surface area contributed by atoms with Crippen molar-refractivity contribution in [2.75, 3.05) is 6.54 Å². The van der Waals surface area contributed by atoms with E-state index in [9.17, 15) is 9.59 Å². The molecular weight excluding hydrogens is 254 g/mol. The van der Waals surface area contributed by atoms with Crippen LogP contribution in [0, 0.1) is 5.92 Å². The summed E-state index contributed by atoms with van der Waals surface area (Å²) in [6, 6.07) is 8.08. The van der Waals surface area contributed by atoms with Crippen LogP contribution in [0.15, 0.2) is 24.3 Å². The van der Waals surface area contributed by atoms with Crippen molar-refractivity contribution in [1.29, 1.82) is 0 Å². The van der Waals surface area contributed by atoms with Gasteiger partial charge in [-0.15, -0.1) is 0 Å². The summed E-state index contributed by atoms with van der Waals surface area (Å²) < 4.78 is 0. The number of carboxylic acid groups (broad SMARTS) is 1. The molecule has 106 valence electrons. The lowest BCUT2D eigenvalue weighted by atomic mass is 9.76. The van der Waals surface area contributed by atoms with E-state index in [1.807, 2.05) is 30.0 Å². The first-order valence-electron chi connectivity index (χ1n) is 7.19. The van der Waals surface area contributed by atoms with Crippen LogP contribution in [0.2, 0.25) is 0 Å². The van der Waals surface area contributed by atoms with Crippen molar-refractivity contribution in [3.05, 3.63) is 35.4 Å². The lowest BCUT2D eigenvalue weighted by molar-refractivity contribution is -0.148. The van der Waals surface area contributed by atoms with Crippen LogP contribution in [0.25, 0.3) is 0 Å². The number of benzene rings is 1. The fourth-order valence-corrected chi connectivity index (χ4v) is 3.40. The van der Waals surface area contributed by atoms with E-state index in [4.69, 9.17) is 5.11 Å². The Morgan fingerprint density at radius 1 is 1.30 bits per heavy atom. The van der Waals surface area contributed by atoms with Crippen molar-refractivity contribution in [3.63, 3.8) is 0 Å². The second kappa shape index (κ2) is 4.93. The predicted octanol–water partition coefficient (Wildman–Crippen LogP) is 2.04. The molecule has 3 rings (SSSR count). The van der Waals surface area contributed by atoms with Gasteiger partial charge in [0.05, 0.1) is 11.8 Å². The van der Waals surface area contributed by atoms with Gasteiger partial charge in [-0.05, 0) is 37.3 Å². The largest absolute Gasteiger partial charge is 0.481 e. The Balaban J connectivity index is 1.69. The van der Waals surface area contributed by atoms with Crippen molar-refractivity contribution in [3.8, 4) is 0 Å². The molecule has 20 heavy (non-hydrogen) atoms. The highest BCUT2D eigenvalue weighted by Gasteiger charge is 2.39. The summed E-state index contributed by atoms with van der Waals surface area (Å²) in [6.45, 7) is 2.52. The highest BCUT2D eigenvalue weighted by molar-refractivity contribution is 5.87. The molecule has 1 aliphatic heterocycles. The molecule has 1 aromatic carbocycles. The van der Waals surface area contributed by atoms with Gasteiger partial charge in [-0.3, -0.25) is 9.59 Å². The van der Waals surface area contributed by atoms with Gasteiger partial charge in [0.2, 0.25) is 5.91 Å². The van der Waals surface area contributed by atoms with E-state index < -0.39 is 5.97 Å². The van der Waals surface area contributed by atoms with Crippen molar-refractivity contribution >= 4 is 11.9 Å². The quantitative estimate of drug-likeness (QED) is 0.897. The summed E-state index contributed by atoms with van der Waals surface area (Å²) in [5.41, 5.74) is 2.41. The molecule has 1 unspecified atom stereocenters. The van der Waals surface area contributed by atoms with Crippen LogP contribution in [0.3, 0.4) is 0 Å². The molecule has 0 saturated carbocycles. The molecule has 1 aromatic rings. The van der Waals surface area contributed by atoms with Gasteiger partial charge in [-0.25, -0.2) is 0 Å². The van der Waals surface area contributed by atoms with Crippen LogP contribution < -0.4 is 0 Å². The van der Waals surface area contributed by atoms with Crippen LogP contribution in [0.4, 0.5) is 0 Å². The predicted molar refractivity (Wildman–Crippen MR) is 74.4 cm³/mol. The number of amides is 1. The number of piperidine rings is 1. The summed E-state index contributed by atoms with van der Waals surface area (Å²) in [7, 11) is 0. The van der Waals surface area contributed by atoms with Gasteiger partial charge in [-0.1, -0.05) is 24.3 Å². The molecule has 1 heterocycles. The maximum Gasteiger partial charge on any atom is 0.306 e. The second-order valence-electron chi connectivity index (χ2n) is 5.90.